The van der Waals surface area contributed by atoms with Crippen LogP contribution in [0.3, 0.4) is 0 Å². The molecule has 0 spiro atoms. The van der Waals surface area contributed by atoms with E-state index >= 15 is 0 Å². The fraction of sp³-hybridized carbons (Fsp3) is 0.478. The van der Waals surface area contributed by atoms with Gasteiger partial charge in [0, 0.05) is 47.5 Å². The van der Waals surface area contributed by atoms with Crippen LogP contribution < -0.4 is 0 Å². The minimum atomic E-state index is 0.339. The van der Waals surface area contributed by atoms with Gasteiger partial charge in [-0.2, -0.15) is 0 Å². The van der Waals surface area contributed by atoms with Crippen molar-refractivity contribution in [1.82, 2.24) is 9.80 Å². The lowest BCUT2D eigenvalue weighted by Gasteiger charge is -2.31. The van der Waals surface area contributed by atoms with E-state index in [1.54, 1.807) is 0 Å². The van der Waals surface area contributed by atoms with Crippen molar-refractivity contribution in [1.29, 1.82) is 0 Å². The van der Waals surface area contributed by atoms with Gasteiger partial charge in [-0.15, -0.1) is 0 Å². The zero-order chi connectivity index (χ0) is 22.9. The van der Waals surface area contributed by atoms with Crippen LogP contribution in [0.4, 0.5) is 0 Å². The van der Waals surface area contributed by atoms with Gasteiger partial charge in [0.2, 0.25) is 0 Å². The average molecular weight is 735 g/mol. The fourth-order valence-corrected chi connectivity index (χ4v) is 6.35. The molecule has 2 nitrogen and oxygen atoms in total. The summed E-state index contributed by atoms with van der Waals surface area (Å²) in [6, 6.07) is 13.9. The quantitative estimate of drug-likeness (QED) is 0.304. The minimum Gasteiger partial charge on any atom is -0.289 e. The van der Waals surface area contributed by atoms with Crippen LogP contribution in [0.25, 0.3) is 0 Å². The number of halogens is 5. The van der Waals surface area contributed by atoms with Gasteiger partial charge in [-0.3, -0.25) is 9.80 Å². The Hall–Kier alpha value is 0.760. The highest BCUT2D eigenvalue weighted by molar-refractivity contribution is 9.11. The SMILES string of the molecule is Brc1cc(Br)cc(Br)c1.Brc1cccc(Br)c1.CC(C)CN1CCN(C(C)(C)C)C1. The molecule has 0 atom stereocenters. The van der Waals surface area contributed by atoms with Gasteiger partial charge in [-0.05, 0) is 63.1 Å². The van der Waals surface area contributed by atoms with Crippen LogP contribution >= 0.6 is 79.6 Å². The molecule has 0 radical (unpaired) electrons. The van der Waals surface area contributed by atoms with E-state index in [0.717, 1.165) is 35.0 Å². The number of benzene rings is 2. The number of hydrogen-bond acceptors (Lipinski definition) is 2. The normalized spacial score (nSPS) is 14.8. The van der Waals surface area contributed by atoms with Gasteiger partial charge < -0.3 is 0 Å². The van der Waals surface area contributed by atoms with Crippen molar-refractivity contribution in [2.24, 2.45) is 5.92 Å². The third-order valence-electron chi connectivity index (χ3n) is 4.24. The lowest BCUT2D eigenvalue weighted by atomic mass is 10.1. The highest BCUT2D eigenvalue weighted by Crippen LogP contribution is 2.23. The number of rotatable bonds is 2. The molecule has 0 amide bonds. The summed E-state index contributed by atoms with van der Waals surface area (Å²) in [4.78, 5) is 5.10. The molecule has 0 saturated carbocycles. The molecular formula is C23H31Br5N2. The summed E-state index contributed by atoms with van der Waals surface area (Å²) >= 11 is 16.7. The summed E-state index contributed by atoms with van der Waals surface area (Å²) < 4.78 is 5.43. The van der Waals surface area contributed by atoms with Crippen LogP contribution in [0.2, 0.25) is 0 Å². The Morgan fingerprint density at radius 3 is 1.50 bits per heavy atom. The largest absolute Gasteiger partial charge is 0.289 e. The molecule has 0 aliphatic carbocycles. The maximum atomic E-state index is 3.35. The molecule has 0 N–H and O–H groups in total. The van der Waals surface area contributed by atoms with Crippen molar-refractivity contribution in [3.8, 4) is 0 Å². The van der Waals surface area contributed by atoms with Crippen molar-refractivity contribution in [3.63, 3.8) is 0 Å². The molecule has 1 heterocycles. The van der Waals surface area contributed by atoms with E-state index in [2.05, 4.69) is 124 Å². The van der Waals surface area contributed by atoms with E-state index in [1.165, 1.54) is 19.6 Å². The summed E-state index contributed by atoms with van der Waals surface area (Å²) in [6.07, 6.45) is 0. The zero-order valence-electron chi connectivity index (χ0n) is 18.2. The first kappa shape index (κ1) is 28.8. The van der Waals surface area contributed by atoms with Gasteiger partial charge in [0.1, 0.15) is 0 Å². The van der Waals surface area contributed by atoms with Crippen molar-refractivity contribution in [2.45, 2.75) is 40.2 Å². The Kier molecular flexibility index (Phi) is 13.5. The van der Waals surface area contributed by atoms with Crippen LogP contribution in [-0.4, -0.2) is 41.6 Å². The molecule has 1 saturated heterocycles. The monoisotopic (exact) mass is 730 g/mol. The first-order valence-corrected chi connectivity index (χ1v) is 13.8. The molecule has 7 heteroatoms. The number of nitrogens with zero attached hydrogens (tertiary/aromatic N) is 2. The Morgan fingerprint density at radius 1 is 0.767 bits per heavy atom. The molecule has 1 aliphatic heterocycles. The average Bonchev–Trinajstić information content (AvgIpc) is 3.02. The minimum absolute atomic E-state index is 0.339. The van der Waals surface area contributed by atoms with E-state index in [-0.39, 0.29) is 0 Å². The van der Waals surface area contributed by atoms with Gasteiger partial charge in [0.25, 0.3) is 0 Å². The molecule has 0 unspecified atom stereocenters. The lowest BCUT2D eigenvalue weighted by molar-refractivity contribution is 0.135. The van der Waals surface area contributed by atoms with Gasteiger partial charge in [-0.1, -0.05) is 99.6 Å². The Bertz CT molecular complexity index is 707. The summed E-state index contributed by atoms with van der Waals surface area (Å²) in [5.41, 5.74) is 0.339. The van der Waals surface area contributed by atoms with Crippen LogP contribution in [0, 0.1) is 5.92 Å². The smallest absolute Gasteiger partial charge is 0.0512 e. The first-order chi connectivity index (χ1) is 13.9. The van der Waals surface area contributed by atoms with E-state index in [1.807, 2.05) is 42.5 Å². The van der Waals surface area contributed by atoms with Crippen LogP contribution in [0.1, 0.15) is 34.6 Å². The summed E-state index contributed by atoms with van der Waals surface area (Å²) in [5, 5.41) is 0. The molecule has 1 aliphatic rings. The van der Waals surface area contributed by atoms with Crippen LogP contribution in [0.15, 0.2) is 64.8 Å². The Morgan fingerprint density at radius 2 is 1.20 bits per heavy atom. The molecule has 1 fully saturated rings. The Labute approximate surface area is 224 Å². The Balaban J connectivity index is 0.000000234. The summed E-state index contributed by atoms with van der Waals surface area (Å²) in [6.45, 7) is 16.4. The van der Waals surface area contributed by atoms with E-state index < -0.39 is 0 Å². The van der Waals surface area contributed by atoms with E-state index in [4.69, 9.17) is 0 Å². The van der Waals surface area contributed by atoms with Gasteiger partial charge in [0.05, 0.1) is 6.67 Å². The van der Waals surface area contributed by atoms with Gasteiger partial charge >= 0.3 is 0 Å². The molecule has 2 aromatic rings. The van der Waals surface area contributed by atoms with Crippen molar-refractivity contribution in [3.05, 3.63) is 64.8 Å². The van der Waals surface area contributed by atoms with E-state index in [9.17, 15) is 0 Å². The highest BCUT2D eigenvalue weighted by atomic mass is 79.9. The van der Waals surface area contributed by atoms with Crippen molar-refractivity contribution < 1.29 is 0 Å². The maximum absolute atomic E-state index is 3.35. The summed E-state index contributed by atoms with van der Waals surface area (Å²) in [5.74, 6) is 0.792. The zero-order valence-corrected chi connectivity index (χ0v) is 26.2. The van der Waals surface area contributed by atoms with Crippen molar-refractivity contribution >= 4 is 79.6 Å². The molecular weight excluding hydrogens is 704 g/mol. The predicted molar refractivity (Wildman–Crippen MR) is 149 cm³/mol. The van der Waals surface area contributed by atoms with E-state index in [0.29, 0.717) is 5.54 Å². The molecule has 0 aromatic heterocycles. The number of hydrogen-bond donors (Lipinski definition) is 0. The fourth-order valence-electron chi connectivity index (χ4n) is 2.84. The second kappa shape index (κ2) is 14.1. The summed E-state index contributed by atoms with van der Waals surface area (Å²) in [7, 11) is 0. The third kappa shape index (κ3) is 12.7. The van der Waals surface area contributed by atoms with Crippen molar-refractivity contribution in [2.75, 3.05) is 26.3 Å². The second-order valence-corrected chi connectivity index (χ2v) is 13.2. The van der Waals surface area contributed by atoms with Crippen LogP contribution in [-0.2, 0) is 0 Å². The van der Waals surface area contributed by atoms with Gasteiger partial charge in [-0.25, -0.2) is 0 Å². The molecule has 2 aromatic carbocycles. The lowest BCUT2D eigenvalue weighted by Crippen LogP contribution is -2.41. The maximum Gasteiger partial charge on any atom is 0.0512 e. The second-order valence-electron chi connectivity index (χ2n) is 8.57. The molecule has 0 bridgehead atoms. The third-order valence-corrected chi connectivity index (χ3v) is 6.60. The molecule has 3 rings (SSSR count). The first-order valence-electron chi connectivity index (χ1n) is 9.87. The molecule has 168 valence electrons. The predicted octanol–water partition coefficient (Wildman–Crippen LogP) is 9.20. The van der Waals surface area contributed by atoms with Gasteiger partial charge in [0.15, 0.2) is 0 Å². The topological polar surface area (TPSA) is 6.48 Å². The molecule has 30 heavy (non-hydrogen) atoms. The van der Waals surface area contributed by atoms with Crippen LogP contribution in [0.5, 0.6) is 0 Å². The highest BCUT2D eigenvalue weighted by Gasteiger charge is 2.28. The standard InChI is InChI=1S/C11H24N2.C6H3Br3.C6H4Br2/c1-10(2)8-12-6-7-13(9-12)11(3,4)5;7-4-1-5(8)3-6(9)2-4;7-5-2-1-3-6(8)4-5/h10H,6-9H2,1-5H3;1-3H;1-4H.